The van der Waals surface area contributed by atoms with Crippen molar-refractivity contribution in [1.29, 1.82) is 0 Å². The van der Waals surface area contributed by atoms with Gasteiger partial charge < -0.3 is 20.4 Å². The number of halogens is 1. The zero-order chi connectivity index (χ0) is 23.5. The molecule has 2 N–H and O–H groups in total. The third-order valence-corrected chi connectivity index (χ3v) is 6.63. The Bertz CT molecular complexity index is 923. The second-order valence-corrected chi connectivity index (χ2v) is 9.79. The summed E-state index contributed by atoms with van der Waals surface area (Å²) < 4.78 is 0. The zero-order valence-corrected chi connectivity index (χ0v) is 20.7. The molecule has 1 aliphatic carbocycles. The van der Waals surface area contributed by atoms with Crippen molar-refractivity contribution in [3.8, 4) is 0 Å². The van der Waals surface area contributed by atoms with Crippen LogP contribution in [0.5, 0.6) is 0 Å². The molecule has 0 spiro atoms. The maximum atomic E-state index is 13.0. The minimum Gasteiger partial charge on any atom is -0.363 e. The summed E-state index contributed by atoms with van der Waals surface area (Å²) in [5.41, 5.74) is 1.54. The van der Waals surface area contributed by atoms with Crippen molar-refractivity contribution in [1.82, 2.24) is 20.2 Å². The van der Waals surface area contributed by atoms with Crippen molar-refractivity contribution in [2.24, 2.45) is 0 Å². The van der Waals surface area contributed by atoms with Crippen LogP contribution >= 0.6 is 11.6 Å². The van der Waals surface area contributed by atoms with E-state index in [1.54, 1.807) is 4.90 Å². The monoisotopic (exact) mass is 458 g/mol. The maximum Gasteiger partial charge on any atom is 0.318 e. The van der Waals surface area contributed by atoms with Gasteiger partial charge in [-0.1, -0.05) is 23.7 Å². The molecule has 2 amide bonds. The average Bonchev–Trinajstić information content (AvgIpc) is 2.74. The average molecular weight is 459 g/mol. The van der Waals surface area contributed by atoms with Gasteiger partial charge in [0.2, 0.25) is 5.95 Å². The lowest BCUT2D eigenvalue weighted by molar-refractivity contribution is 0.150. The summed E-state index contributed by atoms with van der Waals surface area (Å²) in [6, 6.07) is 10.0. The quantitative estimate of drug-likeness (QED) is 0.650. The predicted molar refractivity (Wildman–Crippen MR) is 132 cm³/mol. The van der Waals surface area contributed by atoms with Gasteiger partial charge in [-0.25, -0.2) is 9.78 Å². The van der Waals surface area contributed by atoms with Gasteiger partial charge in [-0.15, -0.1) is 0 Å². The molecule has 0 bridgehead atoms. The highest BCUT2D eigenvalue weighted by molar-refractivity contribution is 6.30. The normalized spacial score (nSPS) is 18.7. The van der Waals surface area contributed by atoms with Crippen molar-refractivity contribution in [3.05, 3.63) is 46.6 Å². The predicted octanol–water partition coefficient (Wildman–Crippen LogP) is 4.80. The maximum absolute atomic E-state index is 13.0. The van der Waals surface area contributed by atoms with Gasteiger partial charge in [0.25, 0.3) is 0 Å². The van der Waals surface area contributed by atoms with Crippen LogP contribution in [0, 0.1) is 6.92 Å². The van der Waals surface area contributed by atoms with Gasteiger partial charge in [0.05, 0.1) is 5.54 Å². The number of hydrogen-bond acceptors (Lipinski definition) is 5. The first-order valence-electron chi connectivity index (χ1n) is 11.2. The highest BCUT2D eigenvalue weighted by Crippen LogP contribution is 2.28. The zero-order valence-electron chi connectivity index (χ0n) is 19.9. The van der Waals surface area contributed by atoms with E-state index in [-0.39, 0.29) is 12.1 Å². The van der Waals surface area contributed by atoms with Crippen LogP contribution in [-0.2, 0) is 5.54 Å². The van der Waals surface area contributed by atoms with Crippen molar-refractivity contribution >= 4 is 29.4 Å². The van der Waals surface area contributed by atoms with Crippen molar-refractivity contribution < 1.29 is 4.79 Å². The summed E-state index contributed by atoms with van der Waals surface area (Å²) in [7, 11) is 5.80. The van der Waals surface area contributed by atoms with Gasteiger partial charge in [0, 0.05) is 50.0 Å². The third-order valence-electron chi connectivity index (χ3n) is 6.38. The smallest absolute Gasteiger partial charge is 0.318 e. The molecule has 7 nitrogen and oxygen atoms in total. The Labute approximate surface area is 196 Å². The molecular formula is C24H35ClN6O. The number of carbonyl (C=O) groups is 1. The second-order valence-electron chi connectivity index (χ2n) is 9.35. The molecule has 0 aliphatic heterocycles. The SMILES string of the molecule is Cc1cc(N(C)C)nc(NC2CCC(NC(=O)N(C)C(C)(C)c3ccc(Cl)cc3)CC2)n1. The molecule has 32 heavy (non-hydrogen) atoms. The lowest BCUT2D eigenvalue weighted by Crippen LogP contribution is -2.51. The fourth-order valence-electron chi connectivity index (χ4n) is 3.99. The van der Waals surface area contributed by atoms with Crippen LogP contribution in [0.1, 0.15) is 50.8 Å². The van der Waals surface area contributed by atoms with Crippen molar-refractivity contribution in [2.75, 3.05) is 31.4 Å². The number of nitrogens with zero attached hydrogens (tertiary/aromatic N) is 4. The van der Waals surface area contributed by atoms with Crippen LogP contribution in [0.25, 0.3) is 0 Å². The van der Waals surface area contributed by atoms with Crippen LogP contribution in [0.2, 0.25) is 5.02 Å². The Hall–Kier alpha value is -2.54. The molecule has 3 rings (SSSR count). The van der Waals surface area contributed by atoms with E-state index in [1.807, 2.05) is 77.1 Å². The highest BCUT2D eigenvalue weighted by atomic mass is 35.5. The summed E-state index contributed by atoms with van der Waals surface area (Å²) in [6.07, 6.45) is 3.77. The van der Waals surface area contributed by atoms with Gasteiger partial charge in [0.15, 0.2) is 0 Å². The van der Waals surface area contributed by atoms with E-state index in [0.29, 0.717) is 17.0 Å². The molecule has 0 saturated heterocycles. The first kappa shape index (κ1) is 24.1. The van der Waals surface area contributed by atoms with Gasteiger partial charge in [-0.3, -0.25) is 0 Å². The van der Waals surface area contributed by atoms with Gasteiger partial charge in [-0.05, 0) is 64.2 Å². The van der Waals surface area contributed by atoms with Gasteiger partial charge >= 0.3 is 6.03 Å². The Morgan fingerprint density at radius 2 is 1.62 bits per heavy atom. The number of anilines is 2. The number of hydrogen-bond donors (Lipinski definition) is 2. The highest BCUT2D eigenvalue weighted by Gasteiger charge is 2.31. The van der Waals surface area contributed by atoms with Crippen LogP contribution in [-0.4, -0.2) is 54.1 Å². The molecule has 174 valence electrons. The van der Waals surface area contributed by atoms with Gasteiger partial charge in [-0.2, -0.15) is 4.98 Å². The Morgan fingerprint density at radius 3 is 2.22 bits per heavy atom. The summed E-state index contributed by atoms with van der Waals surface area (Å²) in [5, 5.41) is 7.39. The molecule has 1 saturated carbocycles. The molecule has 0 radical (unpaired) electrons. The summed E-state index contributed by atoms with van der Waals surface area (Å²) >= 11 is 6.02. The van der Waals surface area contributed by atoms with Crippen LogP contribution in [0.3, 0.4) is 0 Å². The Kier molecular flexibility index (Phi) is 7.49. The van der Waals surface area contributed by atoms with Crippen molar-refractivity contribution in [2.45, 2.75) is 64.1 Å². The van der Waals surface area contributed by atoms with Crippen LogP contribution in [0.4, 0.5) is 16.6 Å². The molecule has 1 aliphatic rings. The molecule has 1 fully saturated rings. The minimum absolute atomic E-state index is 0.0565. The number of aryl methyl sites for hydroxylation is 1. The fourth-order valence-corrected chi connectivity index (χ4v) is 4.11. The first-order chi connectivity index (χ1) is 15.1. The summed E-state index contributed by atoms with van der Waals surface area (Å²) in [6.45, 7) is 6.06. The molecule has 2 aromatic rings. The lowest BCUT2D eigenvalue weighted by atomic mass is 9.91. The molecule has 1 aromatic carbocycles. The number of urea groups is 1. The molecular weight excluding hydrogens is 424 g/mol. The first-order valence-corrected chi connectivity index (χ1v) is 11.5. The molecule has 1 heterocycles. The number of carbonyl (C=O) groups excluding carboxylic acids is 1. The van der Waals surface area contributed by atoms with Crippen LogP contribution < -0.4 is 15.5 Å². The van der Waals surface area contributed by atoms with Gasteiger partial charge in [0.1, 0.15) is 5.82 Å². The van der Waals surface area contributed by atoms with E-state index in [4.69, 9.17) is 11.6 Å². The molecule has 0 atom stereocenters. The summed E-state index contributed by atoms with van der Waals surface area (Å²) in [5.74, 6) is 1.57. The molecule has 0 unspecified atom stereocenters. The second kappa shape index (κ2) is 9.94. The summed E-state index contributed by atoms with van der Waals surface area (Å²) in [4.78, 5) is 25.8. The number of rotatable bonds is 6. The lowest BCUT2D eigenvalue weighted by Gasteiger charge is -2.38. The van der Waals surface area contributed by atoms with E-state index in [2.05, 4.69) is 20.6 Å². The topological polar surface area (TPSA) is 73.4 Å². The fraction of sp³-hybridized carbons (Fsp3) is 0.542. The molecule has 1 aromatic heterocycles. The van der Waals surface area contributed by atoms with Crippen LogP contribution in [0.15, 0.2) is 30.3 Å². The third kappa shape index (κ3) is 5.82. The Balaban J connectivity index is 1.53. The van der Waals surface area contributed by atoms with E-state index < -0.39 is 5.54 Å². The molecule has 8 heteroatoms. The van der Waals surface area contributed by atoms with E-state index in [1.165, 1.54) is 0 Å². The number of aromatic nitrogens is 2. The van der Waals surface area contributed by atoms with E-state index >= 15 is 0 Å². The minimum atomic E-state index is -0.444. The van der Waals surface area contributed by atoms with E-state index in [0.717, 1.165) is 42.8 Å². The number of benzene rings is 1. The van der Waals surface area contributed by atoms with Crippen molar-refractivity contribution in [3.63, 3.8) is 0 Å². The number of nitrogens with one attached hydrogen (secondary N) is 2. The Morgan fingerprint density at radius 1 is 1.03 bits per heavy atom. The standard InChI is InChI=1S/C24H35ClN6O/c1-16-15-21(30(4)5)29-22(26-16)27-19-11-13-20(14-12-19)28-23(32)31(6)24(2,3)17-7-9-18(25)10-8-17/h7-10,15,19-20H,11-14H2,1-6H3,(H,28,32)(H,26,27,29). The van der Waals surface area contributed by atoms with E-state index in [9.17, 15) is 4.79 Å². The largest absolute Gasteiger partial charge is 0.363 e. The number of amides is 2.